The monoisotopic (exact) mass is 765 g/mol. The van der Waals surface area contributed by atoms with Gasteiger partial charge in [0.05, 0.1) is 47.8 Å². The van der Waals surface area contributed by atoms with Gasteiger partial charge in [0.25, 0.3) is 0 Å². The highest BCUT2D eigenvalue weighted by atomic mass is 35.5. The van der Waals surface area contributed by atoms with Gasteiger partial charge in [-0.25, -0.2) is 21.9 Å². The third-order valence-electron chi connectivity index (χ3n) is 10.7. The summed E-state index contributed by atoms with van der Waals surface area (Å²) in [5.74, 6) is -0.941. The largest absolute Gasteiger partial charge is 0.493 e. The number of carbonyl (C=O) groups is 1. The van der Waals surface area contributed by atoms with Gasteiger partial charge in [0.15, 0.2) is 0 Å². The first-order valence-electron chi connectivity index (χ1n) is 18.2. The number of aromatic nitrogens is 3. The summed E-state index contributed by atoms with van der Waals surface area (Å²) in [4.78, 5) is 15.6. The molecule has 2 aliphatic rings. The van der Waals surface area contributed by atoms with Crippen LogP contribution in [0.3, 0.4) is 0 Å². The van der Waals surface area contributed by atoms with Crippen molar-refractivity contribution >= 4 is 49.3 Å². The molecule has 1 unspecified atom stereocenters. The zero-order chi connectivity index (χ0) is 37.4. The van der Waals surface area contributed by atoms with Crippen LogP contribution in [0.4, 0.5) is 4.39 Å². The first-order valence-corrected chi connectivity index (χ1v) is 20.2. The molecule has 282 valence electrons. The highest BCUT2D eigenvalue weighted by molar-refractivity contribution is 7.89. The van der Waals surface area contributed by atoms with Crippen molar-refractivity contribution in [3.63, 3.8) is 0 Å². The summed E-state index contributed by atoms with van der Waals surface area (Å²) in [6, 6.07) is 13.5. The summed E-state index contributed by atoms with van der Waals surface area (Å²) in [5.41, 5.74) is 4.73. The average molecular weight is 766 g/mol. The molecule has 0 spiro atoms. The number of rotatable bonds is 8. The normalized spacial score (nSPS) is 18.7. The Morgan fingerprint density at radius 3 is 2.58 bits per heavy atom. The highest BCUT2D eigenvalue weighted by Crippen LogP contribution is 2.45. The van der Waals surface area contributed by atoms with Crippen molar-refractivity contribution in [3.8, 4) is 16.9 Å². The number of hydrogen-bond acceptors (Lipinski definition) is 7. The lowest BCUT2D eigenvalue weighted by Gasteiger charge is -2.35. The van der Waals surface area contributed by atoms with Crippen molar-refractivity contribution in [2.24, 2.45) is 7.05 Å². The minimum absolute atomic E-state index is 0.109. The second kappa shape index (κ2) is 15.4. The molecule has 3 aromatic carbocycles. The quantitative estimate of drug-likeness (QED) is 0.174. The summed E-state index contributed by atoms with van der Waals surface area (Å²) in [6.07, 6.45) is 2.23. The number of halogens is 2. The SMILES string of the molecule is CCc1c2c(nn1C)C(N1CCOCC1)CCN(C)S(=O)(=O)CCCn1c(C(=O)O)c(CCCOc3cccc4cc(F)ccc34)c3ccc(Cl)c-2c31. The molecule has 0 aliphatic carbocycles. The van der Waals surface area contributed by atoms with E-state index in [9.17, 15) is 22.7 Å². The fourth-order valence-electron chi connectivity index (χ4n) is 8.11. The van der Waals surface area contributed by atoms with E-state index in [0.29, 0.717) is 92.6 Å². The Bertz CT molecular complexity index is 2280. The van der Waals surface area contributed by atoms with Crippen LogP contribution in [0.5, 0.6) is 5.75 Å². The minimum Gasteiger partial charge on any atom is -0.493 e. The van der Waals surface area contributed by atoms with E-state index in [2.05, 4.69) is 11.8 Å². The number of carboxylic acid groups (broad SMARTS) is 1. The highest BCUT2D eigenvalue weighted by Gasteiger charge is 2.35. The number of nitrogens with zero attached hydrogens (tertiary/aromatic N) is 5. The number of fused-ring (bicyclic) bond motifs is 3. The van der Waals surface area contributed by atoms with Gasteiger partial charge in [0.1, 0.15) is 17.3 Å². The maximum absolute atomic E-state index is 13.9. The molecule has 0 saturated carbocycles. The lowest BCUT2D eigenvalue weighted by Crippen LogP contribution is -2.41. The van der Waals surface area contributed by atoms with Gasteiger partial charge in [0.2, 0.25) is 10.0 Å². The molecular formula is C39H45ClFN5O6S. The molecule has 7 rings (SSSR count). The molecule has 53 heavy (non-hydrogen) atoms. The minimum atomic E-state index is -3.64. The smallest absolute Gasteiger partial charge is 0.352 e. The van der Waals surface area contributed by atoms with Crippen LogP contribution in [-0.4, -0.2) is 95.3 Å². The second-order valence-electron chi connectivity index (χ2n) is 13.8. The van der Waals surface area contributed by atoms with Crippen LogP contribution in [0, 0.1) is 5.82 Å². The van der Waals surface area contributed by atoms with Gasteiger partial charge in [-0.2, -0.15) is 5.10 Å². The Kier molecular flexibility index (Phi) is 10.8. The molecule has 11 nitrogen and oxygen atoms in total. The summed E-state index contributed by atoms with van der Waals surface area (Å²) >= 11 is 7.22. The number of aryl methyl sites for hydroxylation is 3. The molecule has 1 N–H and O–H groups in total. The maximum atomic E-state index is 13.9. The summed E-state index contributed by atoms with van der Waals surface area (Å²) in [5, 5.41) is 18.7. The van der Waals surface area contributed by atoms with Crippen LogP contribution in [0.1, 0.15) is 59.7 Å². The number of aromatic carboxylic acids is 1. The number of morpholine rings is 1. The Morgan fingerprint density at radius 2 is 1.83 bits per heavy atom. The molecule has 1 atom stereocenters. The zero-order valence-electron chi connectivity index (χ0n) is 30.3. The first kappa shape index (κ1) is 37.3. The predicted octanol–water partition coefficient (Wildman–Crippen LogP) is 6.69. The molecule has 5 aromatic rings. The fourth-order valence-corrected chi connectivity index (χ4v) is 9.55. The van der Waals surface area contributed by atoms with Crippen LogP contribution in [-0.2, 0) is 41.2 Å². The second-order valence-corrected chi connectivity index (χ2v) is 16.4. The third-order valence-corrected chi connectivity index (χ3v) is 12.9. The van der Waals surface area contributed by atoms with Crippen molar-refractivity contribution in [2.45, 2.75) is 51.6 Å². The molecular weight excluding hydrogens is 721 g/mol. The lowest BCUT2D eigenvalue weighted by molar-refractivity contribution is 0.0126. The molecule has 1 fully saturated rings. The van der Waals surface area contributed by atoms with Crippen molar-refractivity contribution in [1.29, 1.82) is 0 Å². The van der Waals surface area contributed by atoms with Crippen molar-refractivity contribution in [2.75, 3.05) is 52.3 Å². The molecule has 0 amide bonds. The Hall–Kier alpha value is -4.01. The summed E-state index contributed by atoms with van der Waals surface area (Å²) in [6.45, 7) is 5.26. The molecule has 0 radical (unpaired) electrons. The molecule has 1 saturated heterocycles. The zero-order valence-corrected chi connectivity index (χ0v) is 31.8. The van der Waals surface area contributed by atoms with Gasteiger partial charge < -0.3 is 19.1 Å². The lowest BCUT2D eigenvalue weighted by atomic mass is 9.93. The van der Waals surface area contributed by atoms with Gasteiger partial charge in [-0.3, -0.25) is 9.58 Å². The summed E-state index contributed by atoms with van der Waals surface area (Å²) in [7, 11) is -0.118. The molecule has 0 bridgehead atoms. The summed E-state index contributed by atoms with van der Waals surface area (Å²) < 4.78 is 58.0. The third kappa shape index (κ3) is 7.17. The van der Waals surface area contributed by atoms with E-state index >= 15 is 0 Å². The molecule has 14 heteroatoms. The Balaban J connectivity index is 1.37. The molecule has 2 aromatic heterocycles. The average Bonchev–Trinajstić information content (AvgIpc) is 3.63. The van der Waals surface area contributed by atoms with Crippen LogP contribution < -0.4 is 4.74 Å². The molecule has 4 heterocycles. The Labute approximate surface area is 313 Å². The van der Waals surface area contributed by atoms with Gasteiger partial charge in [-0.15, -0.1) is 0 Å². The van der Waals surface area contributed by atoms with E-state index in [1.807, 2.05) is 42.1 Å². The first-order chi connectivity index (χ1) is 25.5. The van der Waals surface area contributed by atoms with E-state index < -0.39 is 16.0 Å². The maximum Gasteiger partial charge on any atom is 0.352 e. The van der Waals surface area contributed by atoms with Gasteiger partial charge >= 0.3 is 5.97 Å². The van der Waals surface area contributed by atoms with E-state index in [-0.39, 0.29) is 36.3 Å². The number of sulfonamides is 1. The van der Waals surface area contributed by atoms with Gasteiger partial charge in [-0.1, -0.05) is 36.7 Å². The van der Waals surface area contributed by atoms with Crippen molar-refractivity contribution in [3.05, 3.63) is 82.0 Å². The molecule has 2 aliphatic heterocycles. The number of carboxylic acids is 1. The van der Waals surface area contributed by atoms with E-state index in [1.54, 1.807) is 17.7 Å². The predicted molar refractivity (Wildman–Crippen MR) is 204 cm³/mol. The van der Waals surface area contributed by atoms with Gasteiger partial charge in [0, 0.05) is 67.9 Å². The standard InChI is InChI=1S/C39H45ClFN5O6S/c1-4-31-35-34-30(40)14-13-29-28(9-6-20-52-33-10-5-8-25-24-26(41)11-12-27(25)33)38(39(47)48)46(37(29)34)16-7-23-53(49,50)43(2)17-15-32(36(35)42-44(31)3)45-18-21-51-22-19-45/h5,8,10-14,24,32H,4,6-7,9,15-23H2,1-3H3,(H,47,48). The van der Waals surface area contributed by atoms with Crippen LogP contribution >= 0.6 is 11.6 Å². The van der Waals surface area contributed by atoms with E-state index in [4.69, 9.17) is 26.2 Å². The van der Waals surface area contributed by atoms with Gasteiger partial charge in [-0.05, 0) is 73.4 Å². The number of benzene rings is 3. The van der Waals surface area contributed by atoms with Crippen LogP contribution in [0.2, 0.25) is 5.02 Å². The van der Waals surface area contributed by atoms with Crippen molar-refractivity contribution in [1.82, 2.24) is 23.6 Å². The van der Waals surface area contributed by atoms with E-state index in [1.165, 1.54) is 16.4 Å². The number of hydrogen-bond donors (Lipinski definition) is 1. The Morgan fingerprint density at radius 1 is 1.06 bits per heavy atom. The van der Waals surface area contributed by atoms with Crippen LogP contribution in [0.15, 0.2) is 48.5 Å². The topological polar surface area (TPSA) is 119 Å². The number of ether oxygens (including phenoxy) is 2. The van der Waals surface area contributed by atoms with E-state index in [0.717, 1.165) is 33.1 Å². The van der Waals surface area contributed by atoms with Crippen LogP contribution in [0.25, 0.3) is 32.8 Å². The van der Waals surface area contributed by atoms with Crippen molar-refractivity contribution < 1.29 is 32.2 Å². The fraction of sp³-hybridized carbons (Fsp3) is 0.436.